The number of hydrogen-bond acceptors (Lipinski definition) is 6. The normalized spacial score (nSPS) is 10.9. The average molecular weight is 361 g/mol. The zero-order valence-electron chi connectivity index (χ0n) is 14.3. The van der Waals surface area contributed by atoms with Gasteiger partial charge in [0.2, 0.25) is 5.89 Å². The Hall–Kier alpha value is -2.67. The molecule has 7 nitrogen and oxygen atoms in total. The number of aryl methyl sites for hydroxylation is 4. The Morgan fingerprint density at radius 1 is 1.24 bits per heavy atom. The molecule has 0 radical (unpaired) electrons. The van der Waals surface area contributed by atoms with Crippen LogP contribution in [-0.4, -0.2) is 25.7 Å². The Morgan fingerprint density at radius 2 is 2.00 bits per heavy atom. The number of ether oxygens (including phenoxy) is 1. The van der Waals surface area contributed by atoms with Gasteiger partial charge in [-0.3, -0.25) is 0 Å². The maximum absolute atomic E-state index is 12.3. The van der Waals surface area contributed by atoms with Crippen LogP contribution < -0.4 is 0 Å². The Balaban J connectivity index is 1.82. The lowest BCUT2D eigenvalue weighted by molar-refractivity contribution is 0.0430. The summed E-state index contributed by atoms with van der Waals surface area (Å²) in [5.41, 5.74) is 2.53. The molecule has 3 aromatic heterocycles. The largest absolute Gasteiger partial charge is 0.451 e. The number of oxazole rings is 1. The van der Waals surface area contributed by atoms with Gasteiger partial charge in [-0.1, -0.05) is 11.6 Å². The number of nitrogens with zero attached hydrogens (tertiary/aromatic N) is 4. The van der Waals surface area contributed by atoms with Crippen LogP contribution in [0.25, 0.3) is 5.82 Å². The van der Waals surface area contributed by atoms with E-state index in [4.69, 9.17) is 20.8 Å². The van der Waals surface area contributed by atoms with Crippen molar-refractivity contribution < 1.29 is 13.9 Å². The monoisotopic (exact) mass is 360 g/mol. The van der Waals surface area contributed by atoms with Gasteiger partial charge >= 0.3 is 5.97 Å². The maximum atomic E-state index is 12.3. The van der Waals surface area contributed by atoms with Gasteiger partial charge in [0.25, 0.3) is 0 Å². The summed E-state index contributed by atoms with van der Waals surface area (Å²) >= 11 is 6.10. The van der Waals surface area contributed by atoms with Crippen LogP contribution in [0.5, 0.6) is 0 Å². The molecular weight excluding hydrogens is 344 g/mol. The molecule has 0 saturated heterocycles. The van der Waals surface area contributed by atoms with Crippen LogP contribution in [0.3, 0.4) is 0 Å². The standard InChI is InChI=1S/C17H17ClN4O3/c1-9-7-10(2)22(21-9)14-6-5-13(18)16(20-14)17(23)24-8-15-19-11(3)12(4)25-15/h5-7H,8H2,1-4H3. The van der Waals surface area contributed by atoms with E-state index in [1.807, 2.05) is 26.8 Å². The van der Waals surface area contributed by atoms with E-state index in [0.29, 0.717) is 17.5 Å². The van der Waals surface area contributed by atoms with Gasteiger partial charge in [0, 0.05) is 5.69 Å². The molecule has 0 aromatic carbocycles. The fourth-order valence-corrected chi connectivity index (χ4v) is 2.53. The van der Waals surface area contributed by atoms with E-state index in [2.05, 4.69) is 15.1 Å². The highest BCUT2D eigenvalue weighted by molar-refractivity contribution is 6.33. The van der Waals surface area contributed by atoms with Gasteiger partial charge in [0.1, 0.15) is 5.76 Å². The molecule has 130 valence electrons. The third-order valence-corrected chi connectivity index (χ3v) is 3.96. The Kier molecular flexibility index (Phi) is 4.59. The molecule has 0 saturated carbocycles. The minimum atomic E-state index is -0.651. The molecule has 3 rings (SSSR count). The van der Waals surface area contributed by atoms with Crippen molar-refractivity contribution in [3.05, 3.63) is 57.6 Å². The number of esters is 1. The van der Waals surface area contributed by atoms with Crippen LogP contribution >= 0.6 is 11.6 Å². The average Bonchev–Trinajstić information content (AvgIpc) is 3.07. The van der Waals surface area contributed by atoms with Gasteiger partial charge in [0.15, 0.2) is 18.1 Å². The Labute approximate surface area is 149 Å². The van der Waals surface area contributed by atoms with E-state index < -0.39 is 5.97 Å². The first-order valence-electron chi connectivity index (χ1n) is 7.65. The van der Waals surface area contributed by atoms with Gasteiger partial charge in [-0.2, -0.15) is 5.10 Å². The maximum Gasteiger partial charge on any atom is 0.359 e. The first-order chi connectivity index (χ1) is 11.8. The molecule has 0 atom stereocenters. The van der Waals surface area contributed by atoms with Crippen molar-refractivity contribution in [1.82, 2.24) is 19.7 Å². The molecule has 8 heteroatoms. The third-order valence-electron chi connectivity index (χ3n) is 3.65. The van der Waals surface area contributed by atoms with E-state index >= 15 is 0 Å². The lowest BCUT2D eigenvalue weighted by atomic mass is 10.3. The summed E-state index contributed by atoms with van der Waals surface area (Å²) in [5.74, 6) is 0.856. The van der Waals surface area contributed by atoms with Gasteiger partial charge in [-0.05, 0) is 45.9 Å². The number of halogens is 1. The molecule has 0 unspecified atom stereocenters. The second kappa shape index (κ2) is 6.68. The second-order valence-corrected chi connectivity index (χ2v) is 6.07. The summed E-state index contributed by atoms with van der Waals surface area (Å²) in [6.07, 6.45) is 0. The van der Waals surface area contributed by atoms with Crippen molar-refractivity contribution in [2.24, 2.45) is 0 Å². The highest BCUT2D eigenvalue weighted by atomic mass is 35.5. The van der Waals surface area contributed by atoms with Crippen molar-refractivity contribution in [1.29, 1.82) is 0 Å². The number of carbonyl (C=O) groups excluding carboxylic acids is 1. The van der Waals surface area contributed by atoms with Crippen LogP contribution in [0.4, 0.5) is 0 Å². The molecule has 0 spiro atoms. The second-order valence-electron chi connectivity index (χ2n) is 5.66. The predicted molar refractivity (Wildman–Crippen MR) is 90.9 cm³/mol. The summed E-state index contributed by atoms with van der Waals surface area (Å²) in [6, 6.07) is 5.21. The predicted octanol–water partition coefficient (Wildman–Crippen LogP) is 3.50. The summed E-state index contributed by atoms with van der Waals surface area (Å²) < 4.78 is 12.2. The van der Waals surface area contributed by atoms with Crippen molar-refractivity contribution in [3.8, 4) is 5.82 Å². The summed E-state index contributed by atoms with van der Waals surface area (Å²) in [6.45, 7) is 7.32. The molecule has 0 bridgehead atoms. The number of rotatable bonds is 4. The third kappa shape index (κ3) is 3.56. The van der Waals surface area contributed by atoms with E-state index in [1.54, 1.807) is 23.7 Å². The van der Waals surface area contributed by atoms with E-state index in [9.17, 15) is 4.79 Å². The summed E-state index contributed by atoms with van der Waals surface area (Å²) in [4.78, 5) is 20.8. The number of aromatic nitrogens is 4. The van der Waals surface area contributed by atoms with E-state index in [-0.39, 0.29) is 17.3 Å². The summed E-state index contributed by atoms with van der Waals surface area (Å²) in [7, 11) is 0. The lowest BCUT2D eigenvalue weighted by Crippen LogP contribution is -2.11. The summed E-state index contributed by atoms with van der Waals surface area (Å²) in [5, 5.41) is 4.55. The topological polar surface area (TPSA) is 83.0 Å². The lowest BCUT2D eigenvalue weighted by Gasteiger charge is -2.08. The van der Waals surface area contributed by atoms with Gasteiger partial charge < -0.3 is 9.15 Å². The number of pyridine rings is 1. The molecule has 25 heavy (non-hydrogen) atoms. The minimum absolute atomic E-state index is 0.0201. The molecule has 0 aliphatic heterocycles. The van der Waals surface area contributed by atoms with Gasteiger partial charge in [-0.25, -0.2) is 19.4 Å². The zero-order valence-corrected chi connectivity index (χ0v) is 15.1. The zero-order chi connectivity index (χ0) is 18.1. The Bertz CT molecular complexity index is 926. The molecule has 0 aliphatic carbocycles. The minimum Gasteiger partial charge on any atom is -0.451 e. The van der Waals surface area contributed by atoms with E-state index in [0.717, 1.165) is 17.1 Å². The van der Waals surface area contributed by atoms with E-state index in [1.165, 1.54) is 0 Å². The fourth-order valence-electron chi connectivity index (χ4n) is 2.35. The fraction of sp³-hybridized carbons (Fsp3) is 0.294. The van der Waals surface area contributed by atoms with Crippen LogP contribution in [0, 0.1) is 27.7 Å². The van der Waals surface area contributed by atoms with Crippen LogP contribution in [0.15, 0.2) is 22.6 Å². The van der Waals surface area contributed by atoms with Crippen molar-refractivity contribution in [2.75, 3.05) is 0 Å². The van der Waals surface area contributed by atoms with Crippen molar-refractivity contribution >= 4 is 17.6 Å². The Morgan fingerprint density at radius 3 is 2.60 bits per heavy atom. The smallest absolute Gasteiger partial charge is 0.359 e. The SMILES string of the molecule is Cc1cc(C)n(-c2ccc(Cl)c(C(=O)OCc3nc(C)c(C)o3)n2)n1. The van der Waals surface area contributed by atoms with Gasteiger partial charge in [0.05, 0.1) is 16.4 Å². The first kappa shape index (κ1) is 17.2. The molecule has 3 heterocycles. The molecule has 0 N–H and O–H groups in total. The van der Waals surface area contributed by atoms with Crippen LogP contribution in [0.1, 0.15) is 39.2 Å². The van der Waals surface area contributed by atoms with Crippen molar-refractivity contribution in [2.45, 2.75) is 34.3 Å². The number of hydrogen-bond donors (Lipinski definition) is 0. The number of carbonyl (C=O) groups is 1. The van der Waals surface area contributed by atoms with Crippen LogP contribution in [-0.2, 0) is 11.3 Å². The molecular formula is C17H17ClN4O3. The molecule has 0 aliphatic rings. The molecule has 3 aromatic rings. The highest BCUT2D eigenvalue weighted by Gasteiger charge is 2.18. The first-order valence-corrected chi connectivity index (χ1v) is 8.03. The highest BCUT2D eigenvalue weighted by Crippen LogP contribution is 2.19. The quantitative estimate of drug-likeness (QED) is 0.662. The van der Waals surface area contributed by atoms with Crippen LogP contribution in [0.2, 0.25) is 5.02 Å². The van der Waals surface area contributed by atoms with Crippen molar-refractivity contribution in [3.63, 3.8) is 0 Å². The molecule has 0 amide bonds. The van der Waals surface area contributed by atoms with Gasteiger partial charge in [-0.15, -0.1) is 0 Å². The molecule has 0 fully saturated rings.